The van der Waals surface area contributed by atoms with Crippen LogP contribution in [0.15, 0.2) is 78.5 Å². The number of ether oxygens (including phenoxy) is 2. The number of rotatable bonds is 6. The van der Waals surface area contributed by atoms with Crippen LogP contribution in [0.1, 0.15) is 5.56 Å². The fourth-order valence-electron chi connectivity index (χ4n) is 3.68. The summed E-state index contributed by atoms with van der Waals surface area (Å²) in [5, 5.41) is 0.386. The minimum atomic E-state index is -0.465. The lowest BCUT2D eigenvalue weighted by Crippen LogP contribution is -2.34. The molecule has 1 heterocycles. The highest BCUT2D eigenvalue weighted by Gasteiger charge is 2.43. The van der Waals surface area contributed by atoms with Gasteiger partial charge < -0.3 is 14.4 Å². The predicted molar refractivity (Wildman–Crippen MR) is 125 cm³/mol. The van der Waals surface area contributed by atoms with Crippen molar-refractivity contribution >= 4 is 40.4 Å². The minimum absolute atomic E-state index is 0.258. The van der Waals surface area contributed by atoms with Gasteiger partial charge in [-0.1, -0.05) is 41.9 Å². The maximum atomic E-state index is 13.7. The van der Waals surface area contributed by atoms with Crippen molar-refractivity contribution in [3.8, 4) is 11.5 Å². The summed E-state index contributed by atoms with van der Waals surface area (Å²) in [6, 6.07) is 21.2. The van der Waals surface area contributed by atoms with Crippen LogP contribution in [-0.2, 0) is 9.59 Å². The largest absolute Gasteiger partial charge is 0.497 e. The normalized spacial score (nSPS) is 13.6. The molecule has 0 aromatic heterocycles. The lowest BCUT2D eigenvalue weighted by molar-refractivity contribution is -0.120. The molecule has 3 aromatic rings. The molecule has 2 amide bonds. The Balaban J connectivity index is 1.90. The third-order valence-corrected chi connectivity index (χ3v) is 5.53. The predicted octanol–water partition coefficient (Wildman–Crippen LogP) is 4.78. The maximum Gasteiger partial charge on any atom is 0.282 e. The molecule has 0 aliphatic carbocycles. The van der Waals surface area contributed by atoms with Crippen LogP contribution in [-0.4, -0.2) is 33.1 Å². The Bertz CT molecular complexity index is 1210. The minimum Gasteiger partial charge on any atom is -0.497 e. The van der Waals surface area contributed by atoms with E-state index in [9.17, 15) is 9.59 Å². The van der Waals surface area contributed by atoms with E-state index in [4.69, 9.17) is 21.1 Å². The van der Waals surface area contributed by atoms with E-state index in [2.05, 4.69) is 0 Å². The van der Waals surface area contributed by atoms with Crippen molar-refractivity contribution in [2.75, 3.05) is 31.1 Å². The second-order valence-corrected chi connectivity index (χ2v) is 7.54. The van der Waals surface area contributed by atoms with Gasteiger partial charge >= 0.3 is 0 Å². The van der Waals surface area contributed by atoms with Crippen LogP contribution < -0.4 is 19.3 Å². The molecular weight excluding hydrogens is 428 g/mol. The fraction of sp³-hybridized carbons (Fsp3) is 0.120. The molecule has 1 aliphatic heterocycles. The van der Waals surface area contributed by atoms with Gasteiger partial charge in [-0.05, 0) is 48.0 Å². The summed E-state index contributed by atoms with van der Waals surface area (Å²) in [6.45, 7) is 0. The number of carbonyl (C=O) groups excluding carboxylic acids is 2. The fourth-order valence-corrected chi connectivity index (χ4v) is 3.85. The van der Waals surface area contributed by atoms with Gasteiger partial charge in [0.1, 0.15) is 17.2 Å². The zero-order valence-corrected chi connectivity index (χ0v) is 18.6. The van der Waals surface area contributed by atoms with Crippen molar-refractivity contribution in [2.24, 2.45) is 0 Å². The first-order valence-corrected chi connectivity index (χ1v) is 10.2. The van der Waals surface area contributed by atoms with Crippen molar-refractivity contribution < 1.29 is 19.1 Å². The van der Waals surface area contributed by atoms with Gasteiger partial charge in [-0.2, -0.15) is 0 Å². The van der Waals surface area contributed by atoms with Gasteiger partial charge in [0, 0.05) is 17.8 Å². The molecule has 0 unspecified atom stereocenters. The van der Waals surface area contributed by atoms with Gasteiger partial charge in [0.2, 0.25) is 0 Å². The molecule has 32 heavy (non-hydrogen) atoms. The number of hydrogen-bond acceptors (Lipinski definition) is 5. The van der Waals surface area contributed by atoms with Crippen LogP contribution in [0.4, 0.5) is 11.4 Å². The molecule has 4 rings (SSSR count). The number of methoxy groups -OCH3 is 2. The summed E-state index contributed by atoms with van der Waals surface area (Å²) in [5.74, 6) is 0.0949. The summed E-state index contributed by atoms with van der Waals surface area (Å²) in [6.07, 6.45) is 0. The average Bonchev–Trinajstić information content (AvgIpc) is 3.08. The quantitative estimate of drug-likeness (QED) is 0.508. The second kappa shape index (κ2) is 8.77. The Morgan fingerprint density at radius 3 is 2.16 bits per heavy atom. The number of nitrogens with zero attached hydrogens (tertiary/aromatic N) is 2. The number of halogens is 1. The van der Waals surface area contributed by atoms with Crippen LogP contribution in [0.2, 0.25) is 5.02 Å². The van der Waals surface area contributed by atoms with E-state index in [-0.39, 0.29) is 17.0 Å². The Morgan fingerprint density at radius 2 is 1.53 bits per heavy atom. The second-order valence-electron chi connectivity index (χ2n) is 7.11. The molecule has 0 saturated heterocycles. The number of likely N-dealkylation sites (N-methyl/N-ethyl adjacent to an activating group) is 1. The summed E-state index contributed by atoms with van der Waals surface area (Å²) < 4.78 is 10.6. The highest BCUT2D eigenvalue weighted by Crippen LogP contribution is 2.40. The number of para-hydroxylation sites is 1. The number of amides is 2. The average molecular weight is 449 g/mol. The Hall–Kier alpha value is -3.77. The summed E-state index contributed by atoms with van der Waals surface area (Å²) in [5.41, 5.74) is 2.21. The van der Waals surface area contributed by atoms with Crippen molar-refractivity contribution in [1.29, 1.82) is 0 Å². The first-order valence-electron chi connectivity index (χ1n) is 9.86. The molecule has 162 valence electrons. The molecule has 0 saturated carbocycles. The van der Waals surface area contributed by atoms with Crippen LogP contribution in [0.25, 0.3) is 5.57 Å². The van der Waals surface area contributed by atoms with Crippen molar-refractivity contribution in [3.63, 3.8) is 0 Å². The van der Waals surface area contributed by atoms with E-state index in [1.54, 1.807) is 61.5 Å². The van der Waals surface area contributed by atoms with E-state index in [0.29, 0.717) is 22.1 Å². The number of imide groups is 1. The van der Waals surface area contributed by atoms with Gasteiger partial charge in [-0.25, -0.2) is 4.90 Å². The van der Waals surface area contributed by atoms with E-state index < -0.39 is 11.8 Å². The number of anilines is 2. The first-order chi connectivity index (χ1) is 15.5. The molecule has 0 spiro atoms. The molecule has 3 aromatic carbocycles. The highest BCUT2D eigenvalue weighted by molar-refractivity contribution is 6.46. The monoisotopic (exact) mass is 448 g/mol. The van der Waals surface area contributed by atoms with Crippen molar-refractivity contribution in [3.05, 3.63) is 89.1 Å². The Kier molecular flexibility index (Phi) is 5.88. The summed E-state index contributed by atoms with van der Waals surface area (Å²) in [7, 11) is 4.81. The molecule has 6 nitrogen and oxygen atoms in total. The molecule has 7 heteroatoms. The smallest absolute Gasteiger partial charge is 0.282 e. The van der Waals surface area contributed by atoms with E-state index in [1.165, 1.54) is 7.11 Å². The molecular formula is C25H21ClN2O4. The Labute approximate surface area is 191 Å². The van der Waals surface area contributed by atoms with E-state index >= 15 is 0 Å². The summed E-state index contributed by atoms with van der Waals surface area (Å²) in [4.78, 5) is 30.2. The van der Waals surface area contributed by atoms with Gasteiger partial charge in [0.05, 0.1) is 25.5 Å². The van der Waals surface area contributed by atoms with E-state index in [1.807, 2.05) is 30.3 Å². The lowest BCUT2D eigenvalue weighted by atomic mass is 10.0. The zero-order valence-electron chi connectivity index (χ0n) is 17.8. The number of carbonyl (C=O) groups is 2. The van der Waals surface area contributed by atoms with Crippen LogP contribution >= 0.6 is 11.6 Å². The van der Waals surface area contributed by atoms with Crippen LogP contribution in [0.3, 0.4) is 0 Å². The number of hydrogen-bond donors (Lipinski definition) is 0. The molecule has 1 aliphatic rings. The number of benzene rings is 3. The molecule has 0 bridgehead atoms. The zero-order chi connectivity index (χ0) is 22.8. The van der Waals surface area contributed by atoms with Crippen molar-refractivity contribution in [2.45, 2.75) is 0 Å². The van der Waals surface area contributed by atoms with E-state index in [0.717, 1.165) is 10.6 Å². The standard InChI is InChI=1S/C25H21ClN2O4/c1-27(18-7-5-4-6-8-18)23-22(16-9-12-19(31-2)13-10-16)24(29)28(25(23)30)20-15-17(26)11-14-21(20)32-3/h4-15H,1-3H3. The molecule has 0 fully saturated rings. The first kappa shape index (κ1) is 21.5. The molecule has 0 atom stereocenters. The van der Waals surface area contributed by atoms with Crippen molar-refractivity contribution in [1.82, 2.24) is 0 Å². The molecule has 0 radical (unpaired) electrons. The molecule has 0 N–H and O–H groups in total. The SMILES string of the molecule is COc1ccc(C2=C(N(C)c3ccccc3)C(=O)N(c3cc(Cl)ccc3OC)C2=O)cc1. The highest BCUT2D eigenvalue weighted by atomic mass is 35.5. The van der Waals surface area contributed by atoms with Gasteiger partial charge in [-0.15, -0.1) is 0 Å². The third-order valence-electron chi connectivity index (χ3n) is 5.30. The van der Waals surface area contributed by atoms with Gasteiger partial charge in [0.15, 0.2) is 0 Å². The van der Waals surface area contributed by atoms with Gasteiger partial charge in [-0.3, -0.25) is 9.59 Å². The lowest BCUT2D eigenvalue weighted by Gasteiger charge is -2.22. The third kappa shape index (κ3) is 3.69. The topological polar surface area (TPSA) is 59.1 Å². The van der Waals surface area contributed by atoms with Gasteiger partial charge in [0.25, 0.3) is 11.8 Å². The maximum absolute atomic E-state index is 13.7. The summed E-state index contributed by atoms with van der Waals surface area (Å²) >= 11 is 6.19. The Morgan fingerprint density at radius 1 is 0.844 bits per heavy atom. The van der Waals surface area contributed by atoms with Crippen LogP contribution in [0.5, 0.6) is 11.5 Å². The van der Waals surface area contributed by atoms with Crippen LogP contribution in [0, 0.1) is 0 Å².